The Kier molecular flexibility index (Phi) is 2.92. The highest BCUT2D eigenvalue weighted by Gasteiger charge is 2.10. The number of fused-ring (bicyclic) bond motifs is 1. The van der Waals surface area contributed by atoms with Gasteiger partial charge in [-0.1, -0.05) is 0 Å². The number of aromatic nitrogens is 2. The molecule has 1 aromatic carbocycles. The Labute approximate surface area is 102 Å². The maximum Gasteiger partial charge on any atom is 0.258 e. The summed E-state index contributed by atoms with van der Waals surface area (Å²) in [4.78, 5) is 18.4. The van der Waals surface area contributed by atoms with Crippen molar-refractivity contribution in [2.45, 2.75) is 10.8 Å². The second-order valence-corrected chi connectivity index (χ2v) is 5.88. The van der Waals surface area contributed by atoms with Gasteiger partial charge in [-0.15, -0.1) is 11.6 Å². The van der Waals surface area contributed by atoms with Gasteiger partial charge < -0.3 is 4.98 Å². The molecule has 7 heteroatoms. The third-order valence-electron chi connectivity index (χ3n) is 2.28. The molecule has 0 spiro atoms. The van der Waals surface area contributed by atoms with Crippen molar-refractivity contribution in [2.75, 3.05) is 6.26 Å². The fourth-order valence-electron chi connectivity index (χ4n) is 1.46. The van der Waals surface area contributed by atoms with E-state index in [0.29, 0.717) is 11.3 Å². The zero-order chi connectivity index (χ0) is 12.6. The lowest BCUT2D eigenvalue weighted by Crippen LogP contribution is -2.11. The van der Waals surface area contributed by atoms with Gasteiger partial charge in [-0.05, 0) is 18.2 Å². The third-order valence-corrected chi connectivity index (χ3v) is 3.64. The Morgan fingerprint density at radius 2 is 2.12 bits per heavy atom. The van der Waals surface area contributed by atoms with E-state index in [2.05, 4.69) is 9.97 Å². The molecule has 0 fully saturated rings. The summed E-state index contributed by atoms with van der Waals surface area (Å²) >= 11 is 5.57. The lowest BCUT2D eigenvalue weighted by atomic mass is 10.2. The number of benzene rings is 1. The second-order valence-electron chi connectivity index (χ2n) is 3.60. The largest absolute Gasteiger partial charge is 0.309 e. The van der Waals surface area contributed by atoms with Gasteiger partial charge in [-0.25, -0.2) is 13.4 Å². The molecular weight excluding hydrogens is 264 g/mol. The Balaban J connectivity index is 2.80. The van der Waals surface area contributed by atoms with E-state index >= 15 is 0 Å². The number of sulfone groups is 1. The predicted octanol–water partition coefficient (Wildman–Crippen LogP) is 1.07. The molecular formula is C10H9ClN2O3S. The van der Waals surface area contributed by atoms with E-state index in [-0.39, 0.29) is 16.2 Å². The lowest BCUT2D eigenvalue weighted by molar-refractivity contribution is 0.602. The Morgan fingerprint density at radius 1 is 1.41 bits per heavy atom. The minimum absolute atomic E-state index is 0.0934. The van der Waals surface area contributed by atoms with E-state index in [4.69, 9.17) is 11.6 Å². The highest BCUT2D eigenvalue weighted by atomic mass is 35.5. The summed E-state index contributed by atoms with van der Waals surface area (Å²) in [5, 5.41) is 0.238. The molecule has 0 amide bonds. The molecule has 0 atom stereocenters. The van der Waals surface area contributed by atoms with Crippen LogP contribution in [0.3, 0.4) is 0 Å². The standard InChI is InChI=1S/C10H9ClN2O3S/c1-17(15,16)6-2-3-8-7(4-6)10(14)13-9(5-11)12-8/h2-4H,5H2,1H3,(H,12,13,14). The predicted molar refractivity (Wildman–Crippen MR) is 65.0 cm³/mol. The molecule has 0 aliphatic rings. The second kappa shape index (κ2) is 4.12. The molecule has 2 rings (SSSR count). The van der Waals surface area contributed by atoms with E-state index in [1.165, 1.54) is 18.2 Å². The molecule has 1 aromatic heterocycles. The van der Waals surface area contributed by atoms with Crippen LogP contribution in [0.5, 0.6) is 0 Å². The van der Waals surface area contributed by atoms with E-state index in [1.807, 2.05) is 0 Å². The molecule has 17 heavy (non-hydrogen) atoms. The van der Waals surface area contributed by atoms with Crippen LogP contribution < -0.4 is 5.56 Å². The van der Waals surface area contributed by atoms with Crippen molar-refractivity contribution in [2.24, 2.45) is 0 Å². The summed E-state index contributed by atoms with van der Waals surface area (Å²) in [7, 11) is -3.33. The number of H-pyrrole nitrogens is 1. The SMILES string of the molecule is CS(=O)(=O)c1ccc2nc(CCl)[nH]c(=O)c2c1. The van der Waals surface area contributed by atoms with E-state index in [1.54, 1.807) is 0 Å². The summed E-state index contributed by atoms with van der Waals surface area (Å²) in [6, 6.07) is 4.23. The van der Waals surface area contributed by atoms with Gasteiger partial charge in [-0.3, -0.25) is 4.79 Å². The summed E-state index contributed by atoms with van der Waals surface area (Å²) in [6.07, 6.45) is 1.09. The topological polar surface area (TPSA) is 79.9 Å². The van der Waals surface area contributed by atoms with Gasteiger partial charge in [0, 0.05) is 6.26 Å². The average molecular weight is 273 g/mol. The van der Waals surface area contributed by atoms with Gasteiger partial charge >= 0.3 is 0 Å². The van der Waals surface area contributed by atoms with Gasteiger partial charge in [-0.2, -0.15) is 0 Å². The fraction of sp³-hybridized carbons (Fsp3) is 0.200. The number of alkyl halides is 1. The Bertz CT molecular complexity index is 737. The Morgan fingerprint density at radius 3 is 2.71 bits per heavy atom. The van der Waals surface area contributed by atoms with Crippen molar-refractivity contribution in [1.82, 2.24) is 9.97 Å². The number of aromatic amines is 1. The maximum absolute atomic E-state index is 11.7. The molecule has 90 valence electrons. The lowest BCUT2D eigenvalue weighted by Gasteiger charge is -2.02. The average Bonchev–Trinajstić information content (AvgIpc) is 2.27. The number of hydrogen-bond donors (Lipinski definition) is 1. The molecule has 0 aliphatic carbocycles. The van der Waals surface area contributed by atoms with Gasteiger partial charge in [0.2, 0.25) is 0 Å². The first-order valence-corrected chi connectivity index (χ1v) is 7.13. The zero-order valence-corrected chi connectivity index (χ0v) is 10.5. The maximum atomic E-state index is 11.7. The van der Waals surface area contributed by atoms with Crippen molar-refractivity contribution in [3.63, 3.8) is 0 Å². The van der Waals surface area contributed by atoms with Gasteiger partial charge in [0.1, 0.15) is 5.82 Å². The molecule has 0 radical (unpaired) electrons. The van der Waals surface area contributed by atoms with E-state index < -0.39 is 15.4 Å². The van der Waals surface area contributed by atoms with E-state index in [0.717, 1.165) is 6.26 Å². The highest BCUT2D eigenvalue weighted by molar-refractivity contribution is 7.90. The molecule has 5 nitrogen and oxygen atoms in total. The van der Waals surface area contributed by atoms with Gasteiger partial charge in [0.05, 0.1) is 21.7 Å². The van der Waals surface area contributed by atoms with Crippen molar-refractivity contribution >= 4 is 32.3 Å². The summed E-state index contributed by atoms with van der Waals surface area (Å²) < 4.78 is 22.7. The van der Waals surface area contributed by atoms with Crippen LogP contribution in [-0.4, -0.2) is 24.6 Å². The van der Waals surface area contributed by atoms with Crippen molar-refractivity contribution in [3.8, 4) is 0 Å². The number of nitrogens with zero attached hydrogens (tertiary/aromatic N) is 1. The Hall–Kier alpha value is -1.40. The molecule has 0 saturated carbocycles. The summed E-state index contributed by atoms with van der Waals surface area (Å²) in [5.41, 5.74) is 0.0351. The molecule has 0 aliphatic heterocycles. The highest BCUT2D eigenvalue weighted by Crippen LogP contribution is 2.15. The van der Waals surface area contributed by atoms with Crippen molar-refractivity contribution < 1.29 is 8.42 Å². The monoisotopic (exact) mass is 272 g/mol. The summed E-state index contributed by atoms with van der Waals surface area (Å²) in [6.45, 7) is 0. The molecule has 0 bridgehead atoms. The van der Waals surface area contributed by atoms with Crippen molar-refractivity contribution in [3.05, 3.63) is 34.4 Å². The van der Waals surface area contributed by atoms with Crippen LogP contribution in [0, 0.1) is 0 Å². The van der Waals surface area contributed by atoms with Crippen LogP contribution in [0.2, 0.25) is 0 Å². The minimum atomic E-state index is -3.33. The number of nitrogens with one attached hydrogen (secondary N) is 1. The third kappa shape index (κ3) is 2.32. The smallest absolute Gasteiger partial charge is 0.258 e. The van der Waals surface area contributed by atoms with Crippen LogP contribution in [0.1, 0.15) is 5.82 Å². The van der Waals surface area contributed by atoms with Crippen LogP contribution in [-0.2, 0) is 15.7 Å². The molecule has 1 heterocycles. The van der Waals surface area contributed by atoms with Gasteiger partial charge in [0.15, 0.2) is 9.84 Å². The van der Waals surface area contributed by atoms with Crippen LogP contribution in [0.15, 0.2) is 27.9 Å². The minimum Gasteiger partial charge on any atom is -0.309 e. The summed E-state index contributed by atoms with van der Waals surface area (Å²) in [5.74, 6) is 0.454. The quantitative estimate of drug-likeness (QED) is 0.829. The molecule has 2 aromatic rings. The molecule has 0 unspecified atom stereocenters. The number of hydrogen-bond acceptors (Lipinski definition) is 4. The molecule has 0 saturated heterocycles. The first-order chi connectivity index (χ1) is 7.91. The first-order valence-electron chi connectivity index (χ1n) is 4.71. The van der Waals surface area contributed by atoms with Crippen molar-refractivity contribution in [1.29, 1.82) is 0 Å². The van der Waals surface area contributed by atoms with Crippen LogP contribution in [0.4, 0.5) is 0 Å². The fourth-order valence-corrected chi connectivity index (χ4v) is 2.23. The first kappa shape index (κ1) is 12.1. The molecule has 1 N–H and O–H groups in total. The van der Waals surface area contributed by atoms with Crippen LogP contribution in [0.25, 0.3) is 10.9 Å². The number of rotatable bonds is 2. The van der Waals surface area contributed by atoms with Gasteiger partial charge in [0.25, 0.3) is 5.56 Å². The number of halogens is 1. The normalized spacial score (nSPS) is 11.9. The van der Waals surface area contributed by atoms with E-state index in [9.17, 15) is 13.2 Å². The zero-order valence-electron chi connectivity index (χ0n) is 8.90. The van der Waals surface area contributed by atoms with Crippen LogP contribution >= 0.6 is 11.6 Å².